The third-order valence-electron chi connectivity index (χ3n) is 2.82. The molecule has 0 atom stereocenters. The van der Waals surface area contributed by atoms with Gasteiger partial charge in [0.15, 0.2) is 5.58 Å². The van der Waals surface area contributed by atoms with E-state index in [1.54, 1.807) is 32.8 Å². The van der Waals surface area contributed by atoms with Crippen molar-refractivity contribution in [2.24, 2.45) is 5.16 Å². The number of nitrogens with one attached hydrogen (secondary N) is 1. The Balaban J connectivity index is 1.51. The third-order valence-corrected chi connectivity index (χ3v) is 6.51. The zero-order chi connectivity index (χ0) is 15.4. The fourth-order valence-corrected chi connectivity index (χ4v) is 4.99. The lowest BCUT2D eigenvalue weighted by molar-refractivity contribution is 0.320. The van der Waals surface area contributed by atoms with E-state index < -0.39 is 0 Å². The van der Waals surface area contributed by atoms with Gasteiger partial charge in [-0.3, -0.25) is 5.41 Å². The van der Waals surface area contributed by atoms with E-state index in [1.165, 1.54) is 10.8 Å². The molecule has 0 fully saturated rings. The van der Waals surface area contributed by atoms with Gasteiger partial charge in [0.05, 0.1) is 5.71 Å². The summed E-state index contributed by atoms with van der Waals surface area (Å²) < 4.78 is 5.62. The molecular weight excluding hydrogens is 338 g/mol. The predicted molar refractivity (Wildman–Crippen MR) is 94.1 cm³/mol. The summed E-state index contributed by atoms with van der Waals surface area (Å²) >= 11 is 0. The molecular formula is C14H11N3O2S3. The van der Waals surface area contributed by atoms with Crippen molar-refractivity contribution in [1.29, 1.82) is 5.41 Å². The lowest BCUT2D eigenvalue weighted by atomic mass is 10.1. The Kier molecular flexibility index (Phi) is 4.91. The summed E-state index contributed by atoms with van der Waals surface area (Å²) in [5, 5.41) is 20.1. The molecule has 2 aromatic rings. The molecule has 0 saturated heterocycles. The number of aromatic nitrogens is 1. The summed E-state index contributed by atoms with van der Waals surface area (Å²) in [7, 11) is 4.67. The number of nitrogens with zero attached hydrogens (tertiary/aromatic N) is 2. The van der Waals surface area contributed by atoms with Crippen LogP contribution in [0.15, 0.2) is 62.9 Å². The first-order chi connectivity index (χ1) is 10.8. The van der Waals surface area contributed by atoms with E-state index in [0.717, 1.165) is 22.4 Å². The van der Waals surface area contributed by atoms with Crippen molar-refractivity contribution in [1.82, 2.24) is 4.98 Å². The standard InChI is InChI=1S/C14H11N3O2S3/c15-10-6-5-9(7-12(10)17-18)8-20-22-21-14-16-11-3-1-2-4-13(11)19-14/h1-7,15,18H,8H2/b15-10?,17-12-. The Hall–Kier alpha value is -1.64. The van der Waals surface area contributed by atoms with Gasteiger partial charge in [-0.25, -0.2) is 4.98 Å². The van der Waals surface area contributed by atoms with Gasteiger partial charge in [-0.15, -0.1) is 0 Å². The topological polar surface area (TPSA) is 82.5 Å². The molecule has 22 heavy (non-hydrogen) atoms. The first-order valence-corrected chi connectivity index (χ1v) is 9.93. The quantitative estimate of drug-likeness (QED) is 0.271. The fourth-order valence-electron chi connectivity index (χ4n) is 1.78. The summed E-state index contributed by atoms with van der Waals surface area (Å²) in [6, 6.07) is 7.67. The monoisotopic (exact) mass is 349 g/mol. The summed E-state index contributed by atoms with van der Waals surface area (Å²) in [6.45, 7) is 0. The summed E-state index contributed by atoms with van der Waals surface area (Å²) in [5.74, 6) is 0.737. The lowest BCUT2D eigenvalue weighted by Gasteiger charge is -2.07. The first-order valence-electron chi connectivity index (χ1n) is 6.27. The van der Waals surface area contributed by atoms with E-state index in [9.17, 15) is 0 Å². The van der Waals surface area contributed by atoms with Crippen molar-refractivity contribution in [2.45, 2.75) is 5.22 Å². The van der Waals surface area contributed by atoms with E-state index in [0.29, 0.717) is 5.22 Å². The molecule has 5 nitrogen and oxygen atoms in total. The van der Waals surface area contributed by atoms with Crippen LogP contribution in [0.1, 0.15) is 0 Å². The van der Waals surface area contributed by atoms with Crippen LogP contribution in [0.25, 0.3) is 11.1 Å². The number of para-hydroxylation sites is 2. The molecule has 8 heteroatoms. The van der Waals surface area contributed by atoms with E-state index in [1.807, 2.05) is 30.3 Å². The molecule has 112 valence electrons. The summed E-state index contributed by atoms with van der Waals surface area (Å²) in [5.41, 5.74) is 3.14. The molecule has 1 aromatic heterocycles. The molecule has 0 radical (unpaired) electrons. The number of oxazole rings is 1. The van der Waals surface area contributed by atoms with Crippen LogP contribution < -0.4 is 0 Å². The van der Waals surface area contributed by atoms with E-state index in [4.69, 9.17) is 15.0 Å². The maximum atomic E-state index is 8.80. The number of allylic oxidation sites excluding steroid dienone is 3. The van der Waals surface area contributed by atoms with E-state index >= 15 is 0 Å². The van der Waals surface area contributed by atoms with Crippen molar-refractivity contribution >= 4 is 53.9 Å². The van der Waals surface area contributed by atoms with Crippen molar-refractivity contribution < 1.29 is 9.62 Å². The van der Waals surface area contributed by atoms with E-state index in [-0.39, 0.29) is 11.4 Å². The first kappa shape index (κ1) is 15.3. The highest BCUT2D eigenvalue weighted by atomic mass is 33.5. The minimum Gasteiger partial charge on any atom is -0.431 e. The second kappa shape index (κ2) is 7.08. The van der Waals surface area contributed by atoms with Crippen LogP contribution in [0, 0.1) is 5.41 Å². The van der Waals surface area contributed by atoms with Crippen molar-refractivity contribution in [2.75, 3.05) is 5.75 Å². The molecule has 0 spiro atoms. The van der Waals surface area contributed by atoms with Gasteiger partial charge in [-0.2, -0.15) is 0 Å². The molecule has 0 amide bonds. The number of hydrogen-bond donors (Lipinski definition) is 2. The van der Waals surface area contributed by atoms with Crippen LogP contribution in [-0.4, -0.2) is 27.4 Å². The highest BCUT2D eigenvalue weighted by Crippen LogP contribution is 2.41. The third kappa shape index (κ3) is 3.57. The fraction of sp³-hybridized carbons (Fsp3) is 0.0714. The average Bonchev–Trinajstić information content (AvgIpc) is 2.95. The highest BCUT2D eigenvalue weighted by molar-refractivity contribution is 9.09. The molecule has 1 heterocycles. The molecule has 1 aliphatic carbocycles. The molecule has 1 aliphatic rings. The Morgan fingerprint density at radius 3 is 2.95 bits per heavy atom. The van der Waals surface area contributed by atoms with Crippen LogP contribution in [0.2, 0.25) is 0 Å². The van der Waals surface area contributed by atoms with Crippen molar-refractivity contribution in [3.05, 3.63) is 48.1 Å². The Labute approximate surface area is 138 Å². The van der Waals surface area contributed by atoms with Gasteiger partial charge in [0.2, 0.25) is 0 Å². The zero-order valence-corrected chi connectivity index (χ0v) is 13.7. The normalized spacial score (nSPS) is 16.5. The smallest absolute Gasteiger partial charge is 0.268 e. The molecule has 0 aliphatic heterocycles. The maximum absolute atomic E-state index is 8.80. The Morgan fingerprint density at radius 2 is 2.14 bits per heavy atom. The van der Waals surface area contributed by atoms with Crippen molar-refractivity contribution in [3.8, 4) is 0 Å². The van der Waals surface area contributed by atoms with Gasteiger partial charge < -0.3 is 9.62 Å². The lowest BCUT2D eigenvalue weighted by Crippen LogP contribution is -2.12. The summed E-state index contributed by atoms with van der Waals surface area (Å²) in [6.07, 6.45) is 5.19. The second-order valence-electron chi connectivity index (χ2n) is 4.31. The number of oxime groups is 1. The van der Waals surface area contributed by atoms with Crippen LogP contribution in [0.4, 0.5) is 0 Å². The van der Waals surface area contributed by atoms with Crippen LogP contribution in [0.5, 0.6) is 0 Å². The number of benzene rings is 1. The highest BCUT2D eigenvalue weighted by Gasteiger charge is 2.10. The van der Waals surface area contributed by atoms with Crippen LogP contribution >= 0.6 is 31.4 Å². The van der Waals surface area contributed by atoms with Gasteiger partial charge >= 0.3 is 0 Å². The largest absolute Gasteiger partial charge is 0.431 e. The number of rotatable bonds is 5. The molecule has 0 unspecified atom stereocenters. The Morgan fingerprint density at radius 1 is 1.27 bits per heavy atom. The van der Waals surface area contributed by atoms with Crippen LogP contribution in [0.3, 0.4) is 0 Å². The SMILES string of the molecule is N=C1C=CC(CSSSc2nc3ccccc3o2)=C/C1=N/O. The van der Waals surface area contributed by atoms with Crippen molar-refractivity contribution in [3.63, 3.8) is 0 Å². The van der Waals surface area contributed by atoms with Crippen LogP contribution in [-0.2, 0) is 0 Å². The van der Waals surface area contributed by atoms with Gasteiger partial charge in [0.25, 0.3) is 5.22 Å². The average molecular weight is 349 g/mol. The molecule has 1 aromatic carbocycles. The second-order valence-corrected chi connectivity index (χ2v) is 8.33. The van der Waals surface area contributed by atoms with Gasteiger partial charge in [0, 0.05) is 16.5 Å². The van der Waals surface area contributed by atoms with E-state index in [2.05, 4.69) is 10.1 Å². The van der Waals surface area contributed by atoms with Gasteiger partial charge in [-0.1, -0.05) is 34.2 Å². The minimum atomic E-state index is 0.213. The maximum Gasteiger partial charge on any atom is 0.268 e. The minimum absolute atomic E-state index is 0.213. The van der Waals surface area contributed by atoms with Gasteiger partial charge in [0.1, 0.15) is 11.2 Å². The number of fused-ring (bicyclic) bond motifs is 1. The number of hydrogen-bond acceptors (Lipinski definition) is 8. The summed E-state index contributed by atoms with van der Waals surface area (Å²) in [4.78, 5) is 4.39. The van der Waals surface area contributed by atoms with Gasteiger partial charge in [-0.05, 0) is 39.7 Å². The predicted octanol–water partition coefficient (Wildman–Crippen LogP) is 4.56. The molecule has 2 N–H and O–H groups in total. The Bertz CT molecular complexity index is 762. The molecule has 3 rings (SSSR count). The molecule has 0 bridgehead atoms. The molecule has 0 saturated carbocycles. The zero-order valence-electron chi connectivity index (χ0n) is 11.2.